The first kappa shape index (κ1) is 19.2. The Labute approximate surface area is 165 Å². The molecule has 3 rings (SSSR count). The zero-order valence-corrected chi connectivity index (χ0v) is 15.5. The van der Waals surface area contributed by atoms with Gasteiger partial charge in [0.2, 0.25) is 0 Å². The van der Waals surface area contributed by atoms with Crippen LogP contribution in [-0.2, 0) is 0 Å². The maximum atomic E-state index is 9.69. The number of hydrogen-bond acceptors (Lipinski definition) is 4. The van der Waals surface area contributed by atoms with Crippen LogP contribution in [0.25, 0.3) is 11.1 Å². The SMILES string of the molecule is N#CC/C(=C(/c1ccc(O)cc1)c1ccc(OCCN)cc1)c1ccccc1. The van der Waals surface area contributed by atoms with E-state index in [1.54, 1.807) is 12.1 Å². The maximum Gasteiger partial charge on any atom is 0.119 e. The largest absolute Gasteiger partial charge is 0.508 e. The molecule has 0 aliphatic heterocycles. The summed E-state index contributed by atoms with van der Waals surface area (Å²) in [6.45, 7) is 0.921. The lowest BCUT2D eigenvalue weighted by Crippen LogP contribution is -2.10. The smallest absolute Gasteiger partial charge is 0.119 e. The lowest BCUT2D eigenvalue weighted by Gasteiger charge is -2.16. The number of nitrogens with zero attached hydrogens (tertiary/aromatic N) is 1. The zero-order valence-electron chi connectivity index (χ0n) is 15.5. The van der Waals surface area contributed by atoms with E-state index in [1.807, 2.05) is 66.7 Å². The molecule has 0 saturated heterocycles. The molecule has 4 heteroatoms. The van der Waals surface area contributed by atoms with Gasteiger partial charge in [-0.05, 0) is 52.1 Å². The molecule has 0 fully saturated rings. The average molecular weight is 370 g/mol. The molecule has 0 spiro atoms. The molecule has 3 aromatic carbocycles. The lowest BCUT2D eigenvalue weighted by atomic mass is 9.88. The Morgan fingerprint density at radius 1 is 0.857 bits per heavy atom. The van der Waals surface area contributed by atoms with E-state index in [2.05, 4.69) is 6.07 Å². The summed E-state index contributed by atoms with van der Waals surface area (Å²) in [5, 5.41) is 19.2. The monoisotopic (exact) mass is 370 g/mol. The highest BCUT2D eigenvalue weighted by atomic mass is 16.5. The van der Waals surface area contributed by atoms with Gasteiger partial charge in [0, 0.05) is 6.54 Å². The van der Waals surface area contributed by atoms with Gasteiger partial charge in [-0.25, -0.2) is 0 Å². The Kier molecular flexibility index (Phi) is 6.46. The minimum absolute atomic E-state index is 0.204. The van der Waals surface area contributed by atoms with E-state index >= 15 is 0 Å². The molecule has 0 heterocycles. The van der Waals surface area contributed by atoms with Crippen molar-refractivity contribution in [2.75, 3.05) is 13.2 Å². The fourth-order valence-corrected chi connectivity index (χ4v) is 3.09. The minimum atomic E-state index is 0.204. The van der Waals surface area contributed by atoms with Crippen LogP contribution in [0.4, 0.5) is 0 Å². The first-order valence-corrected chi connectivity index (χ1v) is 9.11. The van der Waals surface area contributed by atoms with Gasteiger partial charge < -0.3 is 15.6 Å². The molecule has 28 heavy (non-hydrogen) atoms. The van der Waals surface area contributed by atoms with Gasteiger partial charge in [-0.1, -0.05) is 54.6 Å². The Bertz CT molecular complexity index is 970. The van der Waals surface area contributed by atoms with Crippen LogP contribution in [0.1, 0.15) is 23.1 Å². The summed E-state index contributed by atoms with van der Waals surface area (Å²) in [4.78, 5) is 0. The van der Waals surface area contributed by atoms with E-state index in [9.17, 15) is 10.4 Å². The Morgan fingerprint density at radius 3 is 2.04 bits per heavy atom. The predicted octanol–water partition coefficient (Wildman–Crippen LogP) is 4.60. The molecule has 0 amide bonds. The summed E-state index contributed by atoms with van der Waals surface area (Å²) in [5.74, 6) is 0.955. The zero-order chi connectivity index (χ0) is 19.8. The number of allylic oxidation sites excluding steroid dienone is 1. The van der Waals surface area contributed by atoms with Crippen molar-refractivity contribution in [3.05, 3.63) is 95.6 Å². The van der Waals surface area contributed by atoms with E-state index in [-0.39, 0.29) is 12.2 Å². The van der Waals surface area contributed by atoms with Crippen LogP contribution in [-0.4, -0.2) is 18.3 Å². The van der Waals surface area contributed by atoms with E-state index in [1.165, 1.54) is 0 Å². The van der Waals surface area contributed by atoms with Gasteiger partial charge in [-0.15, -0.1) is 0 Å². The third-order valence-corrected chi connectivity index (χ3v) is 4.37. The second-order valence-corrected chi connectivity index (χ2v) is 6.26. The van der Waals surface area contributed by atoms with Gasteiger partial charge >= 0.3 is 0 Å². The van der Waals surface area contributed by atoms with E-state index in [0.717, 1.165) is 33.6 Å². The molecule has 0 aliphatic rings. The summed E-state index contributed by atoms with van der Waals surface area (Å²) >= 11 is 0. The number of phenols is 1. The van der Waals surface area contributed by atoms with Crippen molar-refractivity contribution in [2.24, 2.45) is 5.73 Å². The van der Waals surface area contributed by atoms with Crippen LogP contribution in [0.3, 0.4) is 0 Å². The van der Waals surface area contributed by atoms with Crippen molar-refractivity contribution in [1.29, 1.82) is 5.26 Å². The second kappa shape index (κ2) is 9.40. The molecule has 3 aromatic rings. The van der Waals surface area contributed by atoms with Gasteiger partial charge in [-0.2, -0.15) is 5.26 Å². The molecular weight excluding hydrogens is 348 g/mol. The third kappa shape index (κ3) is 4.59. The summed E-state index contributed by atoms with van der Waals surface area (Å²) in [7, 11) is 0. The standard InChI is InChI=1S/C24H22N2O2/c25-15-14-23(18-4-2-1-3-5-18)24(19-6-10-21(27)11-7-19)20-8-12-22(13-9-20)28-17-16-26/h1-13,27H,14,16-17,26H2/b24-23+. The number of nitriles is 1. The number of phenolic OH excluding ortho intramolecular Hbond substituents is 1. The topological polar surface area (TPSA) is 79.3 Å². The highest BCUT2D eigenvalue weighted by Gasteiger charge is 2.14. The highest BCUT2D eigenvalue weighted by molar-refractivity contribution is 5.99. The van der Waals surface area contributed by atoms with Crippen LogP contribution < -0.4 is 10.5 Å². The second-order valence-electron chi connectivity index (χ2n) is 6.26. The van der Waals surface area contributed by atoms with E-state index < -0.39 is 0 Å². The molecule has 4 nitrogen and oxygen atoms in total. The summed E-state index contributed by atoms with van der Waals surface area (Å²) in [5.41, 5.74) is 10.3. The molecule has 0 saturated carbocycles. The van der Waals surface area contributed by atoms with Crippen molar-refractivity contribution in [2.45, 2.75) is 6.42 Å². The van der Waals surface area contributed by atoms with Crippen LogP contribution in [0.5, 0.6) is 11.5 Å². The Balaban J connectivity index is 2.16. The fraction of sp³-hybridized carbons (Fsp3) is 0.125. The third-order valence-electron chi connectivity index (χ3n) is 4.37. The van der Waals surface area contributed by atoms with E-state index in [0.29, 0.717) is 13.2 Å². The maximum absolute atomic E-state index is 9.69. The molecule has 0 atom stereocenters. The number of ether oxygens (including phenoxy) is 1. The lowest BCUT2D eigenvalue weighted by molar-refractivity contribution is 0.328. The van der Waals surface area contributed by atoms with Gasteiger partial charge in [0.1, 0.15) is 18.1 Å². The number of nitrogens with two attached hydrogens (primary N) is 1. The number of aromatic hydroxyl groups is 1. The van der Waals surface area contributed by atoms with Crippen LogP contribution >= 0.6 is 0 Å². The van der Waals surface area contributed by atoms with Gasteiger partial charge in [0.15, 0.2) is 0 Å². The highest BCUT2D eigenvalue weighted by Crippen LogP contribution is 2.35. The Morgan fingerprint density at radius 2 is 1.46 bits per heavy atom. The van der Waals surface area contributed by atoms with Gasteiger partial charge in [0.25, 0.3) is 0 Å². The van der Waals surface area contributed by atoms with Gasteiger partial charge in [0.05, 0.1) is 12.5 Å². The van der Waals surface area contributed by atoms with E-state index in [4.69, 9.17) is 10.5 Å². The van der Waals surface area contributed by atoms with Crippen molar-refractivity contribution in [1.82, 2.24) is 0 Å². The van der Waals surface area contributed by atoms with Crippen LogP contribution in [0.15, 0.2) is 78.9 Å². The molecule has 0 unspecified atom stereocenters. The van der Waals surface area contributed by atoms with Crippen LogP contribution in [0.2, 0.25) is 0 Å². The number of rotatable bonds is 7. The molecule has 140 valence electrons. The summed E-state index contributed by atoms with van der Waals surface area (Å²) < 4.78 is 5.58. The van der Waals surface area contributed by atoms with Crippen molar-refractivity contribution in [3.63, 3.8) is 0 Å². The van der Waals surface area contributed by atoms with Crippen molar-refractivity contribution in [3.8, 4) is 17.6 Å². The number of benzene rings is 3. The summed E-state index contributed by atoms with van der Waals surface area (Å²) in [6.07, 6.45) is 0.269. The van der Waals surface area contributed by atoms with Gasteiger partial charge in [-0.3, -0.25) is 0 Å². The number of hydrogen-bond donors (Lipinski definition) is 2. The molecule has 0 radical (unpaired) electrons. The summed E-state index contributed by atoms with van der Waals surface area (Å²) in [6, 6.07) is 27.0. The normalized spacial score (nSPS) is 11.4. The first-order chi connectivity index (χ1) is 13.7. The van der Waals surface area contributed by atoms with Crippen LogP contribution in [0, 0.1) is 11.3 Å². The molecule has 0 aliphatic carbocycles. The first-order valence-electron chi connectivity index (χ1n) is 9.11. The Hall–Kier alpha value is -3.55. The minimum Gasteiger partial charge on any atom is -0.508 e. The fourth-order valence-electron chi connectivity index (χ4n) is 3.09. The predicted molar refractivity (Wildman–Crippen MR) is 112 cm³/mol. The molecule has 3 N–H and O–H groups in total. The molecule has 0 aromatic heterocycles. The van der Waals surface area contributed by atoms with Crippen molar-refractivity contribution >= 4 is 11.1 Å². The average Bonchev–Trinajstić information content (AvgIpc) is 2.74. The molecular formula is C24H22N2O2. The molecule has 0 bridgehead atoms. The quantitative estimate of drug-likeness (QED) is 0.596. The van der Waals surface area contributed by atoms with Crippen molar-refractivity contribution < 1.29 is 9.84 Å².